The maximum atomic E-state index is 8.01. The van der Waals surface area contributed by atoms with E-state index < -0.39 is 0 Å². The first kappa shape index (κ1) is 4.07. The highest BCUT2D eigenvalue weighted by molar-refractivity contribution is 5.22. The van der Waals surface area contributed by atoms with Gasteiger partial charge in [0.15, 0.2) is 6.26 Å². The van der Waals surface area contributed by atoms with E-state index in [4.69, 9.17) is 5.21 Å². The van der Waals surface area contributed by atoms with Crippen molar-refractivity contribution in [3.05, 3.63) is 6.26 Å². The van der Waals surface area contributed by atoms with Gasteiger partial charge in [0, 0.05) is 5.27 Å². The van der Waals surface area contributed by atoms with E-state index in [1.54, 1.807) is 5.48 Å². The van der Waals surface area contributed by atoms with Crippen molar-refractivity contribution in [1.29, 1.82) is 0 Å². The number of nitrogens with zero attached hydrogens (tertiary/aromatic N) is 2. The van der Waals surface area contributed by atoms with E-state index in [1.807, 2.05) is 0 Å². The van der Waals surface area contributed by atoms with Gasteiger partial charge in [-0.2, -0.15) is 0 Å². The molecule has 0 amide bonds. The molecule has 1 heterocycles. The first-order valence-electron chi connectivity index (χ1n) is 1.60. The van der Waals surface area contributed by atoms with Crippen LogP contribution in [0.3, 0.4) is 0 Å². The Labute approximate surface area is 38.9 Å². The Morgan fingerprint density at radius 2 is 2.71 bits per heavy atom. The van der Waals surface area contributed by atoms with Crippen LogP contribution in [0.25, 0.3) is 0 Å². The molecule has 0 unspecified atom stereocenters. The molecule has 0 aliphatic heterocycles. The van der Waals surface area contributed by atoms with Gasteiger partial charge in [-0.3, -0.25) is 5.21 Å². The van der Waals surface area contributed by atoms with Crippen molar-refractivity contribution in [3.8, 4) is 0 Å². The van der Waals surface area contributed by atoms with E-state index in [0.29, 0.717) is 0 Å². The Morgan fingerprint density at radius 1 is 1.86 bits per heavy atom. The number of aromatic nitrogens is 2. The van der Waals surface area contributed by atoms with Crippen molar-refractivity contribution in [2.45, 2.75) is 0 Å². The van der Waals surface area contributed by atoms with Gasteiger partial charge in [0.05, 0.1) is 0 Å². The van der Waals surface area contributed by atoms with Gasteiger partial charge in [-0.25, -0.2) is 5.48 Å². The van der Waals surface area contributed by atoms with E-state index in [2.05, 4.69) is 14.9 Å². The molecule has 0 aliphatic rings. The molecule has 0 spiro atoms. The van der Waals surface area contributed by atoms with E-state index in [0.717, 1.165) is 0 Å². The third-order valence-corrected chi connectivity index (χ3v) is 0.475. The number of rotatable bonds is 1. The van der Waals surface area contributed by atoms with Gasteiger partial charge in [0.2, 0.25) is 5.82 Å². The zero-order chi connectivity index (χ0) is 5.11. The topological polar surface area (TPSA) is 71.2 Å². The summed E-state index contributed by atoms with van der Waals surface area (Å²) >= 11 is 0. The highest BCUT2D eigenvalue weighted by atomic mass is 16.5. The zero-order valence-corrected chi connectivity index (χ0v) is 3.33. The number of anilines is 1. The molecule has 7 heavy (non-hydrogen) atoms. The molecule has 5 heteroatoms. The van der Waals surface area contributed by atoms with Crippen LogP contribution in [0, 0.1) is 0 Å². The van der Waals surface area contributed by atoms with Gasteiger partial charge in [-0.1, -0.05) is 5.10 Å². The summed E-state index contributed by atoms with van der Waals surface area (Å²) in [7, 11) is 0. The first-order chi connectivity index (χ1) is 3.43. The third-order valence-electron chi connectivity index (χ3n) is 0.475. The molecule has 0 aromatic carbocycles. The Morgan fingerprint density at radius 3 is 3.00 bits per heavy atom. The van der Waals surface area contributed by atoms with E-state index in [1.165, 1.54) is 6.26 Å². The number of nitrogens with one attached hydrogen (secondary N) is 1. The normalized spacial score (nSPS) is 8.71. The molecule has 0 atom stereocenters. The Balaban J connectivity index is 2.76. The number of hydrogen-bond donors (Lipinski definition) is 2. The molecule has 0 fully saturated rings. The number of hydrogen-bond acceptors (Lipinski definition) is 5. The summed E-state index contributed by atoms with van der Waals surface area (Å²) in [4.78, 5) is 0. The summed E-state index contributed by atoms with van der Waals surface area (Å²) in [5.74, 6) is 0.208. The van der Waals surface area contributed by atoms with Gasteiger partial charge in [0.1, 0.15) is 0 Å². The monoisotopic (exact) mass is 101 g/mol. The molecule has 0 radical (unpaired) electrons. The molecule has 1 aromatic rings. The minimum Gasteiger partial charge on any atom is -0.343 e. The van der Waals surface area contributed by atoms with Crippen LogP contribution in [-0.2, 0) is 0 Å². The molecular formula is C2H3N3O2. The van der Waals surface area contributed by atoms with Crippen LogP contribution in [0.2, 0.25) is 0 Å². The Kier molecular flexibility index (Phi) is 0.910. The third kappa shape index (κ3) is 0.660. The van der Waals surface area contributed by atoms with E-state index >= 15 is 0 Å². The van der Waals surface area contributed by atoms with Crippen molar-refractivity contribution >= 4 is 5.82 Å². The molecule has 5 nitrogen and oxygen atoms in total. The van der Waals surface area contributed by atoms with Gasteiger partial charge < -0.3 is 4.52 Å². The smallest absolute Gasteiger partial charge is 0.213 e. The molecule has 0 bridgehead atoms. The lowest BCUT2D eigenvalue weighted by atomic mass is 10.8. The molecule has 1 aromatic heterocycles. The minimum atomic E-state index is 0.208. The summed E-state index contributed by atoms with van der Waals surface area (Å²) in [5.41, 5.74) is 1.74. The fourth-order valence-corrected chi connectivity index (χ4v) is 0.213. The lowest BCUT2D eigenvalue weighted by Gasteiger charge is -1.79. The quantitative estimate of drug-likeness (QED) is 0.482. The second-order valence-corrected chi connectivity index (χ2v) is 0.902. The van der Waals surface area contributed by atoms with Crippen LogP contribution in [-0.4, -0.2) is 15.6 Å². The average Bonchev–Trinajstić information content (AvgIpc) is 2.14. The standard InChI is InChI=1S/C2H3N3O2/c6-4-2-1-7-5-3-2/h1,4,6H. The molecule has 2 N–H and O–H groups in total. The molecule has 38 valence electrons. The van der Waals surface area contributed by atoms with Crippen molar-refractivity contribution in [1.82, 2.24) is 10.4 Å². The second-order valence-electron chi connectivity index (χ2n) is 0.902. The predicted octanol–water partition coefficient (Wildman–Crippen LogP) is -0.129. The molecule has 1 rings (SSSR count). The predicted molar refractivity (Wildman–Crippen MR) is 19.7 cm³/mol. The van der Waals surface area contributed by atoms with Gasteiger partial charge in [0.25, 0.3) is 0 Å². The molecule has 0 saturated carbocycles. The van der Waals surface area contributed by atoms with E-state index in [9.17, 15) is 0 Å². The molecular weight excluding hydrogens is 98.0 g/mol. The Bertz CT molecular complexity index is 125. The van der Waals surface area contributed by atoms with E-state index in [-0.39, 0.29) is 5.82 Å². The van der Waals surface area contributed by atoms with Crippen LogP contribution >= 0.6 is 0 Å². The maximum absolute atomic E-state index is 8.01. The highest BCUT2D eigenvalue weighted by Crippen LogP contribution is 1.93. The summed E-state index contributed by atoms with van der Waals surface area (Å²) in [5, 5.41) is 14.3. The summed E-state index contributed by atoms with van der Waals surface area (Å²) in [6, 6.07) is 0. The fraction of sp³-hybridized carbons (Fsp3) is 0. The van der Waals surface area contributed by atoms with Gasteiger partial charge in [-0.15, -0.1) is 0 Å². The fourth-order valence-electron chi connectivity index (χ4n) is 0.213. The van der Waals surface area contributed by atoms with Crippen LogP contribution < -0.4 is 5.48 Å². The minimum absolute atomic E-state index is 0.208. The zero-order valence-electron chi connectivity index (χ0n) is 3.33. The largest absolute Gasteiger partial charge is 0.343 e. The molecule has 0 aliphatic carbocycles. The van der Waals surface area contributed by atoms with Crippen molar-refractivity contribution in [3.63, 3.8) is 0 Å². The van der Waals surface area contributed by atoms with Crippen molar-refractivity contribution in [2.75, 3.05) is 5.48 Å². The van der Waals surface area contributed by atoms with Gasteiger partial charge >= 0.3 is 0 Å². The molecule has 0 saturated heterocycles. The lowest BCUT2D eigenvalue weighted by molar-refractivity contribution is 0.385. The highest BCUT2D eigenvalue weighted by Gasteiger charge is 1.87. The lowest BCUT2D eigenvalue weighted by Crippen LogP contribution is -1.87. The van der Waals surface area contributed by atoms with Gasteiger partial charge in [-0.05, 0) is 0 Å². The van der Waals surface area contributed by atoms with Crippen LogP contribution in [0.1, 0.15) is 0 Å². The average molecular weight is 101 g/mol. The van der Waals surface area contributed by atoms with Crippen molar-refractivity contribution in [2.24, 2.45) is 0 Å². The van der Waals surface area contributed by atoms with Crippen LogP contribution in [0.4, 0.5) is 5.82 Å². The maximum Gasteiger partial charge on any atom is 0.213 e. The van der Waals surface area contributed by atoms with Crippen molar-refractivity contribution < 1.29 is 9.73 Å². The van der Waals surface area contributed by atoms with Crippen LogP contribution in [0.5, 0.6) is 0 Å². The summed E-state index contributed by atoms with van der Waals surface area (Å²) in [6.45, 7) is 0. The summed E-state index contributed by atoms with van der Waals surface area (Å²) < 4.78 is 4.22. The summed E-state index contributed by atoms with van der Waals surface area (Å²) in [6.07, 6.45) is 1.18. The second kappa shape index (κ2) is 1.57. The first-order valence-corrected chi connectivity index (χ1v) is 1.60. The van der Waals surface area contributed by atoms with Crippen LogP contribution in [0.15, 0.2) is 10.8 Å². The SMILES string of the molecule is ONc1conn1. The Hall–Kier alpha value is -1.10.